The first-order chi connectivity index (χ1) is 54.0. The molecule has 3 unspecified atom stereocenters. The topological polar surface area (TPSA) is 553 Å². The maximum atomic E-state index is 13.9. The van der Waals surface area contributed by atoms with Gasteiger partial charge in [0.15, 0.2) is 12.7 Å². The lowest BCUT2D eigenvalue weighted by molar-refractivity contribution is -0.670. The van der Waals surface area contributed by atoms with Crippen molar-refractivity contribution in [1.29, 1.82) is 0 Å². The Labute approximate surface area is 655 Å². The van der Waals surface area contributed by atoms with Crippen LogP contribution in [-0.4, -0.2) is 319 Å². The number of aryl methyl sites for hydroxylation is 1. The summed E-state index contributed by atoms with van der Waals surface area (Å²) in [5, 5.41) is 100. The number of fused-ring (bicyclic) bond motifs is 2. The van der Waals surface area contributed by atoms with Gasteiger partial charge < -0.3 is 106 Å². The molecule has 14 N–H and O–H groups in total. The highest BCUT2D eigenvalue weighted by Gasteiger charge is 2.36. The predicted molar refractivity (Wildman–Crippen MR) is 400 cm³/mol. The Bertz CT molecular complexity index is 3410. The second-order valence-electron chi connectivity index (χ2n) is 26.2. The van der Waals surface area contributed by atoms with E-state index in [0.29, 0.717) is 6.54 Å². The molecule has 626 valence electrons. The average Bonchev–Trinajstić information content (AvgIpc) is 1.75. The van der Waals surface area contributed by atoms with Crippen LogP contribution < -0.4 is 36.1 Å². The number of carbonyl (C=O) groups is 14. The number of hydrogen-bond donors (Lipinski definition) is 14. The number of benzene rings is 2. The number of pyridine rings is 1. The molecule has 0 spiro atoms. The van der Waals surface area contributed by atoms with Crippen LogP contribution in [0.25, 0.3) is 17.0 Å². The molecule has 3 atom stereocenters. The van der Waals surface area contributed by atoms with Gasteiger partial charge in [-0.05, 0) is 87.6 Å². The summed E-state index contributed by atoms with van der Waals surface area (Å²) in [7, 11) is 2.05. The van der Waals surface area contributed by atoms with Gasteiger partial charge >= 0.3 is 53.7 Å². The van der Waals surface area contributed by atoms with Crippen LogP contribution in [0.4, 0.5) is 5.69 Å². The maximum absolute atomic E-state index is 13.9. The summed E-state index contributed by atoms with van der Waals surface area (Å²) in [5.74, 6) is -15.3. The molecule has 1 aromatic heterocycles. The molecular formula is C73H105N10O29S+. The highest BCUT2D eigenvalue weighted by Crippen LogP contribution is 2.45. The minimum atomic E-state index is -1.63. The Hall–Kier alpha value is -10.0. The van der Waals surface area contributed by atoms with Crippen molar-refractivity contribution < 1.29 is 146 Å². The van der Waals surface area contributed by atoms with Gasteiger partial charge in [0.25, 0.3) is 0 Å². The van der Waals surface area contributed by atoms with Gasteiger partial charge in [-0.3, -0.25) is 81.8 Å². The molecule has 0 saturated heterocycles. The normalized spacial score (nSPS) is 13.6. The number of ether oxygens (including phenoxy) is 6. The minimum absolute atomic E-state index is 0.0293. The van der Waals surface area contributed by atoms with Crippen molar-refractivity contribution in [2.24, 2.45) is 0 Å². The van der Waals surface area contributed by atoms with E-state index in [1.807, 2.05) is 43.6 Å². The Kier molecular flexibility index (Phi) is 44.8. The molecule has 3 aromatic rings. The number of unbranched alkanes of at least 4 members (excludes halogenated alkanes) is 3. The van der Waals surface area contributed by atoms with Crippen molar-refractivity contribution in [1.82, 2.24) is 41.3 Å². The number of carboxylic acid groups (broad SMARTS) is 9. The van der Waals surface area contributed by atoms with Gasteiger partial charge in [0.1, 0.15) is 23.7 Å². The molecule has 0 radical (unpaired) electrons. The molecule has 0 fully saturated rings. The lowest BCUT2D eigenvalue weighted by Crippen LogP contribution is -2.59. The number of rotatable bonds is 65. The average molecular weight is 1620 g/mol. The summed E-state index contributed by atoms with van der Waals surface area (Å²) in [5.41, 5.74) is 1.57. The third kappa shape index (κ3) is 38.8. The van der Waals surface area contributed by atoms with E-state index >= 15 is 0 Å². The van der Waals surface area contributed by atoms with Gasteiger partial charge in [-0.2, -0.15) is 4.57 Å². The number of carbonyl (C=O) groups excluding carboxylic acids is 5. The molecule has 39 nitrogen and oxygen atoms in total. The fraction of sp³-hybridized carbons (Fsp3) is 0.575. The minimum Gasteiger partial charge on any atom is -0.480 e. The molecule has 40 heteroatoms. The zero-order valence-electron chi connectivity index (χ0n) is 63.1. The number of aliphatic carboxylic acids is 9. The van der Waals surface area contributed by atoms with Gasteiger partial charge in [0, 0.05) is 75.9 Å². The van der Waals surface area contributed by atoms with Crippen molar-refractivity contribution in [3.63, 3.8) is 0 Å². The fourth-order valence-electron chi connectivity index (χ4n) is 11.8. The van der Waals surface area contributed by atoms with E-state index in [1.54, 1.807) is 11.8 Å². The molecule has 2 aromatic carbocycles. The first kappa shape index (κ1) is 95.3. The Balaban J connectivity index is 1.34. The van der Waals surface area contributed by atoms with E-state index in [-0.39, 0.29) is 181 Å². The van der Waals surface area contributed by atoms with Crippen molar-refractivity contribution >= 4 is 118 Å². The van der Waals surface area contributed by atoms with Crippen LogP contribution in [0.2, 0.25) is 0 Å². The third-order valence-electron chi connectivity index (χ3n) is 17.2. The highest BCUT2D eigenvalue weighted by atomic mass is 32.2. The second-order valence-corrected chi connectivity index (χ2v) is 27.3. The van der Waals surface area contributed by atoms with Crippen molar-refractivity contribution in [2.45, 2.75) is 125 Å². The van der Waals surface area contributed by atoms with Gasteiger partial charge in [-0.15, -0.1) is 0 Å². The molecule has 0 aliphatic carbocycles. The van der Waals surface area contributed by atoms with Crippen LogP contribution in [-0.2, 0) is 102 Å². The Morgan fingerprint density at radius 3 is 1.21 bits per heavy atom. The largest absolute Gasteiger partial charge is 0.480 e. The quantitative estimate of drug-likeness (QED) is 0.0267. The number of nitrogens with one attached hydrogen (secondary N) is 5. The number of carboxylic acids is 9. The zero-order chi connectivity index (χ0) is 83.1. The van der Waals surface area contributed by atoms with Gasteiger partial charge in [-0.25, -0.2) is 0 Å². The van der Waals surface area contributed by atoms with Crippen LogP contribution in [0, 0.1) is 0 Å². The van der Waals surface area contributed by atoms with E-state index < -0.39 is 160 Å². The monoisotopic (exact) mass is 1620 g/mol. The lowest BCUT2D eigenvalue weighted by atomic mass is 10.0. The summed E-state index contributed by atoms with van der Waals surface area (Å²) >= 11 is 1.71. The molecule has 1 aliphatic rings. The maximum Gasteiger partial charge on any atom is 0.320 e. The second kappa shape index (κ2) is 53.1. The Morgan fingerprint density at radius 2 is 0.796 bits per heavy atom. The molecule has 0 saturated carbocycles. The van der Waals surface area contributed by atoms with Gasteiger partial charge in [-0.1, -0.05) is 36.0 Å². The molecular weight excluding hydrogens is 1510 g/mol. The number of thioether (sulfide) groups is 1. The third-order valence-corrected chi connectivity index (χ3v) is 18.4. The van der Waals surface area contributed by atoms with Crippen molar-refractivity contribution in [3.8, 4) is 0 Å². The molecule has 0 bridgehead atoms. The van der Waals surface area contributed by atoms with Crippen LogP contribution in [0.1, 0.15) is 95.5 Å². The number of hydrogen-bond acceptors (Lipinski definition) is 25. The van der Waals surface area contributed by atoms with E-state index in [1.165, 1.54) is 4.90 Å². The smallest absolute Gasteiger partial charge is 0.320 e. The molecule has 2 heterocycles. The summed E-state index contributed by atoms with van der Waals surface area (Å²) in [6, 6.07) is 14.0. The predicted octanol–water partition coefficient (Wildman–Crippen LogP) is 0.322. The number of para-hydroxylation sites is 2. The Morgan fingerprint density at radius 1 is 0.434 bits per heavy atom. The van der Waals surface area contributed by atoms with Gasteiger partial charge in [0.2, 0.25) is 35.1 Å². The van der Waals surface area contributed by atoms with Crippen LogP contribution in [0.5, 0.6) is 0 Å². The molecule has 113 heavy (non-hydrogen) atoms. The summed E-state index contributed by atoms with van der Waals surface area (Å²) in [4.78, 5) is 176. The summed E-state index contributed by atoms with van der Waals surface area (Å²) in [6.45, 7) is -5.73. The SMILES string of the molecule is CN1/C(=C/c2cc[n+](CCC(=O)NCCOCCOCCOCCC(=O)NC(COCCC(=O)NCCCCC(C(=O)O)N(CC(=O)O)CC(=O)O)(COCCC(=O)NCCCCC(C(=O)O)N(CC(=O)O)CC(=O)O)COCCC(=O)NCCCCC(C(=O)O)N(CC(=O)O)CC(=O)O)c3ccccc23)Sc2ccccc21. The summed E-state index contributed by atoms with van der Waals surface area (Å²) < 4.78 is 37.0. The van der Waals surface area contributed by atoms with E-state index in [4.69, 9.17) is 28.4 Å². The first-order valence-corrected chi connectivity index (χ1v) is 37.5. The first-order valence-electron chi connectivity index (χ1n) is 36.7. The fourth-order valence-corrected chi connectivity index (χ4v) is 12.9. The molecule has 1 aliphatic heterocycles. The van der Waals surface area contributed by atoms with E-state index in [0.717, 1.165) is 41.9 Å². The van der Waals surface area contributed by atoms with Crippen LogP contribution >= 0.6 is 11.8 Å². The van der Waals surface area contributed by atoms with Crippen molar-refractivity contribution in [2.75, 3.05) is 157 Å². The summed E-state index contributed by atoms with van der Waals surface area (Å²) in [6.07, 6.45) is 3.97. The highest BCUT2D eigenvalue weighted by molar-refractivity contribution is 8.03. The van der Waals surface area contributed by atoms with E-state index in [9.17, 15) is 113 Å². The molecule has 4 rings (SSSR count). The number of anilines is 1. The number of aromatic nitrogens is 1. The molecule has 5 amide bonds. The van der Waals surface area contributed by atoms with Crippen molar-refractivity contribution in [3.05, 3.63) is 71.4 Å². The van der Waals surface area contributed by atoms with Gasteiger partial charge in [0.05, 0.1) is 141 Å². The standard InChI is InChI=1S/C73H104N10O29S/c1-79-53-14-4-5-18-57(53)113-63(79)40-50-19-29-80(52-13-3-2-12-51(50)52)30-20-58(84)77-28-35-108-37-39-109-38-36-107-31-24-62(88)78-73(47-110-32-21-59(85)74-25-9-6-15-54(70(101)102)81(41-64(89)90)42-65(91)92,48-111-33-22-60(86)75-26-10-7-16-55(71(103)104)82(43-66(93)94)44-67(95)96)49-112-34-23-61(87)76-27-11-8-17-56(72(105)106)83(45-68(97)98)46-69(99)100/h2-5,12-14,18-19,29,40,54-56H,6-11,15-17,20-28,30-39,41-49H2,1H3,(H13-,74,75,76,77,78,84,85,86,87,88,89,90,91,92,93,94,95,96,97,98,99,100,101,102,103,104,105,106)/p+1. The lowest BCUT2D eigenvalue weighted by Gasteiger charge is -2.34. The van der Waals surface area contributed by atoms with Crippen LogP contribution in [0.15, 0.2) is 70.7 Å². The zero-order valence-corrected chi connectivity index (χ0v) is 63.9. The van der Waals surface area contributed by atoms with Crippen LogP contribution in [0.3, 0.4) is 0 Å². The number of nitrogens with zero attached hydrogens (tertiary/aromatic N) is 5. The van der Waals surface area contributed by atoms with E-state index in [2.05, 4.69) is 66.4 Å². The number of amides is 5.